The molecule has 0 bridgehead atoms. The van der Waals surface area contributed by atoms with Crippen LogP contribution in [0.4, 0.5) is 9.52 Å². The van der Waals surface area contributed by atoms with Crippen LogP contribution in [0.1, 0.15) is 60.9 Å². The first-order valence-electron chi connectivity index (χ1n) is 8.77. The van der Waals surface area contributed by atoms with Crippen molar-refractivity contribution in [2.24, 2.45) is 0 Å². The molecule has 2 aromatic heterocycles. The quantitative estimate of drug-likeness (QED) is 0.670. The zero-order valence-electron chi connectivity index (χ0n) is 14.7. The smallest absolute Gasteiger partial charge is 0.229 e. The van der Waals surface area contributed by atoms with Crippen LogP contribution in [-0.4, -0.2) is 26.9 Å². The summed E-state index contributed by atoms with van der Waals surface area (Å²) in [6, 6.07) is 6.58. The fourth-order valence-electron chi connectivity index (χ4n) is 3.09. The monoisotopic (exact) mass is 373 g/mol. The van der Waals surface area contributed by atoms with Crippen LogP contribution in [-0.2, 0) is 6.42 Å². The van der Waals surface area contributed by atoms with Crippen molar-refractivity contribution in [2.45, 2.75) is 45.1 Å². The van der Waals surface area contributed by atoms with Gasteiger partial charge in [-0.1, -0.05) is 42.5 Å². The molecular weight excluding hydrogens is 353 g/mol. The van der Waals surface area contributed by atoms with Gasteiger partial charge in [-0.05, 0) is 30.5 Å². The van der Waals surface area contributed by atoms with Crippen LogP contribution in [0.3, 0.4) is 0 Å². The molecule has 6 nitrogen and oxygen atoms in total. The Labute approximate surface area is 155 Å². The molecule has 4 rings (SSSR count). The zero-order chi connectivity index (χ0) is 18.1. The second kappa shape index (κ2) is 7.11. The first kappa shape index (κ1) is 17.1. The van der Waals surface area contributed by atoms with Gasteiger partial charge in [0.05, 0.1) is 6.04 Å². The number of nitrogens with zero attached hydrogens (tertiary/aromatic N) is 5. The Morgan fingerprint density at radius 3 is 2.81 bits per heavy atom. The predicted octanol–water partition coefficient (Wildman–Crippen LogP) is 4.12. The van der Waals surface area contributed by atoms with E-state index in [9.17, 15) is 4.39 Å². The van der Waals surface area contributed by atoms with E-state index < -0.39 is 0 Å². The van der Waals surface area contributed by atoms with Gasteiger partial charge in [0.2, 0.25) is 11.0 Å². The summed E-state index contributed by atoms with van der Waals surface area (Å²) in [5.41, 5.74) is 1.02. The van der Waals surface area contributed by atoms with Gasteiger partial charge in [-0.25, -0.2) is 4.39 Å². The van der Waals surface area contributed by atoms with Crippen LogP contribution in [0.15, 0.2) is 28.8 Å². The summed E-state index contributed by atoms with van der Waals surface area (Å²) in [7, 11) is 0. The lowest BCUT2D eigenvalue weighted by Crippen LogP contribution is -2.23. The van der Waals surface area contributed by atoms with E-state index in [2.05, 4.69) is 25.2 Å². The Bertz CT molecular complexity index is 876. The van der Waals surface area contributed by atoms with Gasteiger partial charge in [-0.2, -0.15) is 4.98 Å². The maximum atomic E-state index is 13.0. The van der Waals surface area contributed by atoms with Gasteiger partial charge in [0.15, 0.2) is 5.82 Å². The fraction of sp³-hybridized carbons (Fsp3) is 0.444. The number of benzene rings is 1. The molecular formula is C18H20FN5OS. The number of rotatable bonds is 5. The lowest BCUT2D eigenvalue weighted by atomic mass is 10.2. The highest BCUT2D eigenvalue weighted by molar-refractivity contribution is 7.15. The molecule has 0 N–H and O–H groups in total. The third kappa shape index (κ3) is 3.46. The number of aromatic nitrogens is 4. The van der Waals surface area contributed by atoms with E-state index in [1.54, 1.807) is 23.5 Å². The van der Waals surface area contributed by atoms with Crippen LogP contribution in [0, 0.1) is 5.82 Å². The predicted molar refractivity (Wildman–Crippen MR) is 96.8 cm³/mol. The maximum absolute atomic E-state index is 13.0. The summed E-state index contributed by atoms with van der Waals surface area (Å²) in [6.07, 6.45) is 2.68. The van der Waals surface area contributed by atoms with Gasteiger partial charge < -0.3 is 9.42 Å². The molecule has 3 aromatic rings. The molecule has 1 atom stereocenters. The molecule has 1 aliphatic rings. The van der Waals surface area contributed by atoms with Gasteiger partial charge >= 0.3 is 0 Å². The third-order valence-corrected chi connectivity index (χ3v) is 5.43. The zero-order valence-corrected chi connectivity index (χ0v) is 15.5. The van der Waals surface area contributed by atoms with E-state index >= 15 is 0 Å². The van der Waals surface area contributed by atoms with Gasteiger partial charge in [0.1, 0.15) is 10.8 Å². The Hall–Kier alpha value is -2.35. The average Bonchev–Trinajstić information content (AvgIpc) is 3.36. The van der Waals surface area contributed by atoms with E-state index in [1.165, 1.54) is 12.1 Å². The SMILES string of the molecule is CC(C)c1nc(C2CCCN2c2nnc(Cc3ccc(F)cc3)s2)no1. The molecule has 0 amide bonds. The lowest BCUT2D eigenvalue weighted by Gasteiger charge is -2.20. The minimum atomic E-state index is -0.229. The Morgan fingerprint density at radius 2 is 2.08 bits per heavy atom. The summed E-state index contributed by atoms with van der Waals surface area (Å²) >= 11 is 1.56. The molecule has 136 valence electrons. The summed E-state index contributed by atoms with van der Waals surface area (Å²) < 4.78 is 18.4. The highest BCUT2D eigenvalue weighted by atomic mass is 32.1. The van der Waals surface area contributed by atoms with Gasteiger partial charge in [0.25, 0.3) is 0 Å². The van der Waals surface area contributed by atoms with E-state index in [0.717, 1.165) is 40.9 Å². The van der Waals surface area contributed by atoms with Gasteiger partial charge in [-0.15, -0.1) is 10.2 Å². The third-order valence-electron chi connectivity index (χ3n) is 4.47. The summed E-state index contributed by atoms with van der Waals surface area (Å²) in [6.45, 7) is 4.98. The molecule has 26 heavy (non-hydrogen) atoms. The standard InChI is InChI=1S/C18H20FN5OS/c1-11(2)17-20-16(23-25-17)14-4-3-9-24(14)18-22-21-15(26-18)10-12-5-7-13(19)8-6-12/h5-8,11,14H,3-4,9-10H2,1-2H3. The van der Waals surface area contributed by atoms with Crippen molar-refractivity contribution in [1.29, 1.82) is 0 Å². The number of halogens is 1. The molecule has 3 heterocycles. The van der Waals surface area contributed by atoms with Crippen LogP contribution in [0.25, 0.3) is 0 Å². The van der Waals surface area contributed by atoms with E-state index in [4.69, 9.17) is 4.52 Å². The van der Waals surface area contributed by atoms with Crippen LogP contribution >= 0.6 is 11.3 Å². The van der Waals surface area contributed by atoms with Crippen LogP contribution in [0.5, 0.6) is 0 Å². The fourth-order valence-corrected chi connectivity index (χ4v) is 4.04. The van der Waals surface area contributed by atoms with Gasteiger partial charge in [0, 0.05) is 18.9 Å². The van der Waals surface area contributed by atoms with Crippen LogP contribution < -0.4 is 4.90 Å². The van der Waals surface area contributed by atoms with Crippen molar-refractivity contribution >= 4 is 16.5 Å². The number of hydrogen-bond acceptors (Lipinski definition) is 7. The van der Waals surface area contributed by atoms with Crippen molar-refractivity contribution < 1.29 is 8.91 Å². The van der Waals surface area contributed by atoms with Crippen LogP contribution in [0.2, 0.25) is 0 Å². The molecule has 0 spiro atoms. The van der Waals surface area contributed by atoms with E-state index in [-0.39, 0.29) is 17.8 Å². The molecule has 1 fully saturated rings. The van der Waals surface area contributed by atoms with Crippen molar-refractivity contribution in [2.75, 3.05) is 11.4 Å². The molecule has 1 aliphatic heterocycles. The van der Waals surface area contributed by atoms with Gasteiger partial charge in [-0.3, -0.25) is 0 Å². The summed E-state index contributed by atoms with van der Waals surface area (Å²) in [5.74, 6) is 1.38. The molecule has 0 saturated carbocycles. The topological polar surface area (TPSA) is 67.9 Å². The Balaban J connectivity index is 1.51. The molecule has 1 aromatic carbocycles. The molecule has 1 saturated heterocycles. The largest absolute Gasteiger partial charge is 0.339 e. The molecule has 0 radical (unpaired) electrons. The lowest BCUT2D eigenvalue weighted by molar-refractivity contribution is 0.358. The number of hydrogen-bond donors (Lipinski definition) is 0. The van der Waals surface area contributed by atoms with Crippen molar-refractivity contribution in [3.8, 4) is 0 Å². The Morgan fingerprint density at radius 1 is 1.27 bits per heavy atom. The summed E-state index contributed by atoms with van der Waals surface area (Å²) in [5, 5.41) is 14.6. The summed E-state index contributed by atoms with van der Waals surface area (Å²) in [4.78, 5) is 6.76. The highest BCUT2D eigenvalue weighted by Crippen LogP contribution is 2.36. The minimum absolute atomic E-state index is 0.0814. The molecule has 0 aliphatic carbocycles. The highest BCUT2D eigenvalue weighted by Gasteiger charge is 2.32. The Kier molecular flexibility index (Phi) is 4.67. The molecule has 1 unspecified atom stereocenters. The first-order valence-corrected chi connectivity index (χ1v) is 9.59. The normalized spacial score (nSPS) is 17.4. The van der Waals surface area contributed by atoms with Crippen molar-refractivity contribution in [3.05, 3.63) is 52.4 Å². The minimum Gasteiger partial charge on any atom is -0.339 e. The second-order valence-corrected chi connectivity index (χ2v) is 7.82. The van der Waals surface area contributed by atoms with Crippen molar-refractivity contribution in [3.63, 3.8) is 0 Å². The average molecular weight is 373 g/mol. The van der Waals surface area contributed by atoms with Crippen molar-refractivity contribution in [1.82, 2.24) is 20.3 Å². The maximum Gasteiger partial charge on any atom is 0.229 e. The second-order valence-electron chi connectivity index (χ2n) is 6.78. The first-order chi connectivity index (χ1) is 12.6. The van der Waals surface area contributed by atoms with E-state index in [0.29, 0.717) is 12.3 Å². The molecule has 8 heteroatoms. The number of anilines is 1. The van der Waals surface area contributed by atoms with E-state index in [1.807, 2.05) is 13.8 Å².